The summed E-state index contributed by atoms with van der Waals surface area (Å²) in [4.78, 5) is 18.5. The van der Waals surface area contributed by atoms with Gasteiger partial charge < -0.3 is 19.9 Å². The monoisotopic (exact) mass is 264 g/mol. The van der Waals surface area contributed by atoms with Gasteiger partial charge in [-0.05, 0) is 19.8 Å². The van der Waals surface area contributed by atoms with Gasteiger partial charge in [-0.2, -0.15) is 0 Å². The second kappa shape index (κ2) is 4.85. The van der Waals surface area contributed by atoms with Crippen molar-refractivity contribution in [2.75, 3.05) is 25.0 Å². The van der Waals surface area contributed by atoms with Crippen molar-refractivity contribution in [1.29, 1.82) is 0 Å². The summed E-state index contributed by atoms with van der Waals surface area (Å²) in [6.07, 6.45) is 3.41. The topological polar surface area (TPSA) is 70.4 Å². The summed E-state index contributed by atoms with van der Waals surface area (Å²) in [6.45, 7) is 4.96. The van der Waals surface area contributed by atoms with Crippen LogP contribution in [0.25, 0.3) is 0 Å². The number of rotatable bonds is 2. The van der Waals surface area contributed by atoms with Crippen molar-refractivity contribution in [3.63, 3.8) is 0 Å². The van der Waals surface area contributed by atoms with Crippen molar-refractivity contribution in [3.8, 4) is 0 Å². The highest BCUT2D eigenvalue weighted by Crippen LogP contribution is 2.22. The van der Waals surface area contributed by atoms with Gasteiger partial charge in [-0.3, -0.25) is 4.79 Å². The number of hydrogen-bond acceptors (Lipinski definition) is 4. The van der Waals surface area contributed by atoms with E-state index in [9.17, 15) is 9.90 Å². The lowest BCUT2D eigenvalue weighted by atomic mass is 10.0. The average molecular weight is 264 g/mol. The Hall–Kier alpha value is -1.56. The van der Waals surface area contributed by atoms with Crippen LogP contribution in [0, 0.1) is 5.92 Å². The number of aryl methyl sites for hydroxylation is 1. The number of anilines is 1. The summed E-state index contributed by atoms with van der Waals surface area (Å²) in [5, 5.41) is 12.8. The molecule has 2 N–H and O–H groups in total. The molecule has 6 nitrogen and oxygen atoms in total. The van der Waals surface area contributed by atoms with Gasteiger partial charge >= 0.3 is 0 Å². The van der Waals surface area contributed by atoms with Crippen LogP contribution in [0.4, 0.5) is 5.95 Å². The van der Waals surface area contributed by atoms with E-state index in [-0.39, 0.29) is 17.9 Å². The summed E-state index contributed by atoms with van der Waals surface area (Å²) in [5.41, 5.74) is 0.510. The maximum Gasteiger partial charge on any atom is 0.274 e. The van der Waals surface area contributed by atoms with Gasteiger partial charge in [-0.1, -0.05) is 0 Å². The molecule has 3 rings (SSSR count). The first kappa shape index (κ1) is 12.5. The number of aliphatic hydroxyl groups is 1. The van der Waals surface area contributed by atoms with E-state index in [0.29, 0.717) is 18.8 Å². The molecule has 6 heteroatoms. The molecule has 0 radical (unpaired) electrons. The molecule has 0 saturated carbocycles. The highest BCUT2D eigenvalue weighted by Gasteiger charge is 2.31. The minimum atomic E-state index is -0.352. The molecule has 19 heavy (non-hydrogen) atoms. The number of likely N-dealkylation sites (tertiary alicyclic amines) is 1. The number of aliphatic hydroxyl groups excluding tert-OH is 1. The molecule has 104 valence electrons. The number of hydrogen-bond donors (Lipinski definition) is 2. The molecule has 1 saturated heterocycles. The number of fused-ring (bicyclic) bond motifs is 1. The zero-order valence-electron chi connectivity index (χ0n) is 11.2. The van der Waals surface area contributed by atoms with Gasteiger partial charge in [0.05, 0.1) is 6.10 Å². The summed E-state index contributed by atoms with van der Waals surface area (Å²) in [5.74, 6) is 0.965. The first-order chi connectivity index (χ1) is 9.15. The smallest absolute Gasteiger partial charge is 0.274 e. The number of carbonyl (C=O) groups is 1. The molecule has 0 bridgehead atoms. The molecular formula is C13H20N4O2. The Morgan fingerprint density at radius 2 is 2.42 bits per heavy atom. The fourth-order valence-electron chi connectivity index (χ4n) is 2.81. The van der Waals surface area contributed by atoms with Crippen LogP contribution in [0.3, 0.4) is 0 Å². The van der Waals surface area contributed by atoms with Crippen molar-refractivity contribution in [2.45, 2.75) is 32.4 Å². The second-order valence-corrected chi connectivity index (χ2v) is 5.46. The minimum absolute atomic E-state index is 0.0214. The molecule has 3 heterocycles. The molecule has 2 unspecified atom stereocenters. The summed E-state index contributed by atoms with van der Waals surface area (Å²) in [6, 6.07) is 0. The van der Waals surface area contributed by atoms with E-state index in [0.717, 1.165) is 31.9 Å². The van der Waals surface area contributed by atoms with Crippen LogP contribution in [-0.2, 0) is 6.54 Å². The maximum atomic E-state index is 12.4. The van der Waals surface area contributed by atoms with Gasteiger partial charge in [0.15, 0.2) is 0 Å². The van der Waals surface area contributed by atoms with Crippen LogP contribution in [-0.4, -0.2) is 51.2 Å². The summed E-state index contributed by atoms with van der Waals surface area (Å²) < 4.78 is 2.00. The minimum Gasteiger partial charge on any atom is -0.393 e. The van der Waals surface area contributed by atoms with E-state index in [1.807, 2.05) is 10.8 Å². The largest absolute Gasteiger partial charge is 0.393 e. The Labute approximate surface area is 112 Å². The average Bonchev–Trinajstić information content (AvgIpc) is 3.04. The molecule has 0 spiro atoms. The van der Waals surface area contributed by atoms with Crippen molar-refractivity contribution in [1.82, 2.24) is 14.5 Å². The van der Waals surface area contributed by atoms with E-state index in [4.69, 9.17) is 0 Å². The molecule has 2 atom stereocenters. The van der Waals surface area contributed by atoms with Crippen LogP contribution in [0.1, 0.15) is 30.3 Å². The van der Waals surface area contributed by atoms with Crippen LogP contribution < -0.4 is 5.32 Å². The molecule has 1 fully saturated rings. The Morgan fingerprint density at radius 1 is 1.58 bits per heavy atom. The van der Waals surface area contributed by atoms with E-state index < -0.39 is 0 Å². The second-order valence-electron chi connectivity index (χ2n) is 5.46. The van der Waals surface area contributed by atoms with Crippen LogP contribution >= 0.6 is 0 Å². The molecular weight excluding hydrogens is 244 g/mol. The lowest BCUT2D eigenvalue weighted by Crippen LogP contribution is -2.30. The SMILES string of the molecule is CC(O)C1CCN(C(=O)c2cn3c(n2)NCCC3)C1. The quantitative estimate of drug-likeness (QED) is 0.818. The fraction of sp³-hybridized carbons (Fsp3) is 0.692. The Bertz CT molecular complexity index is 459. The van der Waals surface area contributed by atoms with Crippen molar-refractivity contribution >= 4 is 11.9 Å². The van der Waals surface area contributed by atoms with Crippen LogP contribution in [0.2, 0.25) is 0 Å². The summed E-state index contributed by atoms with van der Waals surface area (Å²) >= 11 is 0. The molecule has 0 aromatic carbocycles. The highest BCUT2D eigenvalue weighted by molar-refractivity contribution is 5.92. The number of nitrogens with one attached hydrogen (secondary N) is 1. The lowest BCUT2D eigenvalue weighted by molar-refractivity contribution is 0.0757. The Morgan fingerprint density at radius 3 is 3.11 bits per heavy atom. The first-order valence-corrected chi connectivity index (χ1v) is 6.93. The molecule has 2 aliphatic heterocycles. The normalized spacial score (nSPS) is 23.9. The number of carbonyl (C=O) groups excluding carboxylic acids is 1. The molecule has 2 aliphatic rings. The van der Waals surface area contributed by atoms with Gasteiger partial charge in [0.25, 0.3) is 5.91 Å². The predicted molar refractivity (Wildman–Crippen MR) is 71.0 cm³/mol. The van der Waals surface area contributed by atoms with Crippen molar-refractivity contribution in [2.24, 2.45) is 5.92 Å². The number of amides is 1. The fourth-order valence-corrected chi connectivity index (χ4v) is 2.81. The van der Waals surface area contributed by atoms with Crippen LogP contribution in [0.15, 0.2) is 6.20 Å². The van der Waals surface area contributed by atoms with Gasteiger partial charge in [-0.25, -0.2) is 4.98 Å². The Balaban J connectivity index is 1.72. The van der Waals surface area contributed by atoms with Gasteiger partial charge in [-0.15, -0.1) is 0 Å². The third kappa shape index (κ3) is 2.32. The highest BCUT2D eigenvalue weighted by atomic mass is 16.3. The van der Waals surface area contributed by atoms with E-state index >= 15 is 0 Å². The number of aromatic nitrogens is 2. The van der Waals surface area contributed by atoms with Gasteiger partial charge in [0.1, 0.15) is 5.69 Å². The standard InChI is InChI=1S/C13H20N4O2/c1-9(18)10-3-6-16(7-10)12(19)11-8-17-5-2-4-14-13(17)15-11/h8-10,18H,2-7H2,1H3,(H,14,15). The van der Waals surface area contributed by atoms with Gasteiger partial charge in [0.2, 0.25) is 5.95 Å². The van der Waals surface area contributed by atoms with E-state index in [1.165, 1.54) is 0 Å². The first-order valence-electron chi connectivity index (χ1n) is 6.93. The van der Waals surface area contributed by atoms with Crippen molar-refractivity contribution < 1.29 is 9.90 Å². The summed E-state index contributed by atoms with van der Waals surface area (Å²) in [7, 11) is 0. The molecule has 0 aliphatic carbocycles. The zero-order valence-corrected chi connectivity index (χ0v) is 11.2. The maximum absolute atomic E-state index is 12.4. The number of imidazole rings is 1. The van der Waals surface area contributed by atoms with Crippen molar-refractivity contribution in [3.05, 3.63) is 11.9 Å². The Kier molecular flexibility index (Phi) is 3.18. The van der Waals surface area contributed by atoms with Crippen LogP contribution in [0.5, 0.6) is 0 Å². The molecule has 1 aromatic rings. The number of nitrogens with zero attached hydrogens (tertiary/aromatic N) is 3. The van der Waals surface area contributed by atoms with E-state index in [1.54, 1.807) is 11.8 Å². The zero-order chi connectivity index (χ0) is 13.4. The van der Waals surface area contributed by atoms with Gasteiger partial charge in [0, 0.05) is 38.3 Å². The lowest BCUT2D eigenvalue weighted by Gasteiger charge is -2.16. The third-order valence-corrected chi connectivity index (χ3v) is 4.05. The molecule has 1 amide bonds. The van der Waals surface area contributed by atoms with E-state index in [2.05, 4.69) is 10.3 Å². The molecule has 1 aromatic heterocycles. The third-order valence-electron chi connectivity index (χ3n) is 4.05. The predicted octanol–water partition coefficient (Wildman–Crippen LogP) is 0.542.